The van der Waals surface area contributed by atoms with E-state index < -0.39 is 5.91 Å². The monoisotopic (exact) mass is 448 g/mol. The van der Waals surface area contributed by atoms with Gasteiger partial charge in [0.1, 0.15) is 30.5 Å². The van der Waals surface area contributed by atoms with Crippen LogP contribution in [-0.2, 0) is 13.2 Å². The average Bonchev–Trinajstić information content (AvgIpc) is 3.32. The largest absolute Gasteiger partial charge is 0.493 e. The number of pyridine rings is 1. The molecule has 0 saturated carbocycles. The zero-order valence-electron chi connectivity index (χ0n) is 17.8. The summed E-state index contributed by atoms with van der Waals surface area (Å²) in [5.41, 5.74) is 1.42. The van der Waals surface area contributed by atoms with Gasteiger partial charge in [0.05, 0.1) is 7.11 Å². The van der Waals surface area contributed by atoms with Gasteiger partial charge in [0.25, 0.3) is 5.91 Å². The van der Waals surface area contributed by atoms with Crippen LogP contribution in [0.1, 0.15) is 21.9 Å². The maximum atomic E-state index is 13.0. The molecule has 0 atom stereocenters. The number of hydrogen-bond donors (Lipinski definition) is 1. The molecule has 2 aromatic carbocycles. The molecule has 0 aliphatic heterocycles. The first-order valence-electron chi connectivity index (χ1n) is 10.1. The lowest BCUT2D eigenvalue weighted by Crippen LogP contribution is -2.11. The molecule has 0 radical (unpaired) electrons. The Bertz CT molecular complexity index is 1210. The molecule has 0 bridgehead atoms. The van der Waals surface area contributed by atoms with E-state index >= 15 is 0 Å². The molecular weight excluding hydrogens is 427 g/mol. The summed E-state index contributed by atoms with van der Waals surface area (Å²) in [5.74, 6) is 1.33. The Morgan fingerprint density at radius 1 is 1.00 bits per heavy atom. The molecule has 33 heavy (non-hydrogen) atoms. The van der Waals surface area contributed by atoms with E-state index in [1.165, 1.54) is 24.3 Å². The van der Waals surface area contributed by atoms with Crippen LogP contribution >= 0.6 is 0 Å². The number of ether oxygens (including phenoxy) is 3. The summed E-state index contributed by atoms with van der Waals surface area (Å²) in [5, 5.41) is 2.78. The molecule has 4 aromatic rings. The molecule has 2 aromatic heterocycles. The number of hydrogen-bond acceptors (Lipinski definition) is 6. The number of amides is 1. The Labute approximate surface area is 189 Å². The van der Waals surface area contributed by atoms with Crippen LogP contribution in [-0.4, -0.2) is 18.0 Å². The van der Waals surface area contributed by atoms with E-state index in [4.69, 9.17) is 18.6 Å². The third-order valence-electron chi connectivity index (χ3n) is 4.62. The number of carbonyl (C=O) groups is 1. The van der Waals surface area contributed by atoms with E-state index in [1.54, 1.807) is 49.8 Å². The fraction of sp³-hybridized carbons (Fsp3) is 0.120. The van der Waals surface area contributed by atoms with Gasteiger partial charge in [0, 0.05) is 29.7 Å². The van der Waals surface area contributed by atoms with Crippen molar-refractivity contribution in [1.29, 1.82) is 0 Å². The zero-order chi connectivity index (χ0) is 23.0. The average molecular weight is 448 g/mol. The highest BCUT2D eigenvalue weighted by Gasteiger charge is 2.14. The summed E-state index contributed by atoms with van der Waals surface area (Å²) >= 11 is 0. The normalized spacial score (nSPS) is 10.5. The number of halogens is 1. The van der Waals surface area contributed by atoms with Crippen LogP contribution < -0.4 is 19.5 Å². The molecule has 2 heterocycles. The molecule has 0 saturated heterocycles. The van der Waals surface area contributed by atoms with Crippen molar-refractivity contribution in [3.63, 3.8) is 0 Å². The maximum Gasteiger partial charge on any atom is 0.291 e. The lowest BCUT2D eigenvalue weighted by Gasteiger charge is -2.12. The van der Waals surface area contributed by atoms with Crippen molar-refractivity contribution in [3.05, 3.63) is 102 Å². The van der Waals surface area contributed by atoms with Crippen LogP contribution in [0.5, 0.6) is 17.2 Å². The van der Waals surface area contributed by atoms with Gasteiger partial charge in [-0.3, -0.25) is 9.78 Å². The topological polar surface area (TPSA) is 82.8 Å². The molecule has 1 amide bonds. The number of nitrogens with one attached hydrogen (secondary N) is 1. The summed E-state index contributed by atoms with van der Waals surface area (Å²) in [6.45, 7) is 0.408. The summed E-state index contributed by atoms with van der Waals surface area (Å²) < 4.78 is 35.3. The third-order valence-corrected chi connectivity index (χ3v) is 4.62. The minimum atomic E-state index is -0.425. The van der Waals surface area contributed by atoms with E-state index in [1.807, 2.05) is 12.1 Å². The minimum absolute atomic E-state index is 0.105. The second kappa shape index (κ2) is 10.3. The second-order valence-electron chi connectivity index (χ2n) is 6.98. The highest BCUT2D eigenvalue weighted by atomic mass is 19.1. The number of nitrogens with zero attached hydrogens (tertiary/aromatic N) is 1. The van der Waals surface area contributed by atoms with Crippen molar-refractivity contribution in [2.24, 2.45) is 0 Å². The van der Waals surface area contributed by atoms with Crippen molar-refractivity contribution in [1.82, 2.24) is 4.98 Å². The van der Waals surface area contributed by atoms with Crippen LogP contribution in [0.3, 0.4) is 0 Å². The third kappa shape index (κ3) is 5.88. The number of aromatic nitrogens is 1. The number of anilines is 1. The molecule has 0 fully saturated rings. The Hall–Kier alpha value is -4.33. The lowest BCUT2D eigenvalue weighted by atomic mass is 10.2. The van der Waals surface area contributed by atoms with E-state index in [0.29, 0.717) is 35.3 Å². The van der Waals surface area contributed by atoms with Crippen molar-refractivity contribution in [3.8, 4) is 17.2 Å². The maximum absolute atomic E-state index is 13.0. The Kier molecular flexibility index (Phi) is 6.84. The van der Waals surface area contributed by atoms with Gasteiger partial charge in [0.15, 0.2) is 17.3 Å². The minimum Gasteiger partial charge on any atom is -0.493 e. The van der Waals surface area contributed by atoms with Gasteiger partial charge in [-0.1, -0.05) is 6.07 Å². The van der Waals surface area contributed by atoms with Crippen molar-refractivity contribution < 1.29 is 27.8 Å². The fourth-order valence-corrected chi connectivity index (χ4v) is 2.97. The van der Waals surface area contributed by atoms with E-state index in [0.717, 1.165) is 5.56 Å². The van der Waals surface area contributed by atoms with Gasteiger partial charge in [-0.25, -0.2) is 4.39 Å². The van der Waals surface area contributed by atoms with E-state index in [-0.39, 0.29) is 18.2 Å². The second-order valence-corrected chi connectivity index (χ2v) is 6.98. The van der Waals surface area contributed by atoms with Crippen LogP contribution in [0.2, 0.25) is 0 Å². The van der Waals surface area contributed by atoms with Crippen LogP contribution in [0.25, 0.3) is 0 Å². The van der Waals surface area contributed by atoms with Gasteiger partial charge in [0.2, 0.25) is 0 Å². The summed E-state index contributed by atoms with van der Waals surface area (Å²) in [6, 6.07) is 17.7. The highest BCUT2D eigenvalue weighted by molar-refractivity contribution is 6.02. The Balaban J connectivity index is 1.38. The number of furan rings is 1. The standard InChI is InChI=1S/C25H21FN2O5/c1-30-22-10-6-19(13-24(22)32-15-17-3-2-12-27-14-17)28-25(29)23-11-9-21(33-23)16-31-20-7-4-18(26)5-8-20/h2-14H,15-16H2,1H3,(H,28,29). The molecule has 7 nitrogen and oxygen atoms in total. The summed E-state index contributed by atoms with van der Waals surface area (Å²) in [4.78, 5) is 16.7. The molecule has 8 heteroatoms. The van der Waals surface area contributed by atoms with Gasteiger partial charge in [-0.15, -0.1) is 0 Å². The van der Waals surface area contributed by atoms with Gasteiger partial charge in [-0.2, -0.15) is 0 Å². The first kappa shape index (κ1) is 21.9. The van der Waals surface area contributed by atoms with Crippen LogP contribution in [0, 0.1) is 5.82 Å². The molecule has 168 valence electrons. The Morgan fingerprint density at radius 3 is 2.61 bits per heavy atom. The molecule has 0 unspecified atom stereocenters. The SMILES string of the molecule is COc1ccc(NC(=O)c2ccc(COc3ccc(F)cc3)o2)cc1OCc1cccnc1. The molecule has 0 aliphatic rings. The molecular formula is C25H21FN2O5. The molecule has 4 rings (SSSR count). The molecule has 0 aliphatic carbocycles. The Morgan fingerprint density at radius 2 is 1.85 bits per heavy atom. The van der Waals surface area contributed by atoms with Gasteiger partial charge >= 0.3 is 0 Å². The number of rotatable bonds is 9. The number of benzene rings is 2. The zero-order valence-corrected chi connectivity index (χ0v) is 17.8. The predicted octanol–water partition coefficient (Wildman–Crippen LogP) is 5.23. The molecule has 0 spiro atoms. The van der Waals surface area contributed by atoms with E-state index in [2.05, 4.69) is 10.3 Å². The van der Waals surface area contributed by atoms with Crippen LogP contribution in [0.15, 0.2) is 83.5 Å². The van der Waals surface area contributed by atoms with Crippen LogP contribution in [0.4, 0.5) is 10.1 Å². The lowest BCUT2D eigenvalue weighted by molar-refractivity contribution is 0.0992. The first-order chi connectivity index (χ1) is 16.1. The summed E-state index contributed by atoms with van der Waals surface area (Å²) in [6.07, 6.45) is 3.40. The quantitative estimate of drug-likeness (QED) is 0.377. The van der Waals surface area contributed by atoms with Crippen molar-refractivity contribution in [2.45, 2.75) is 13.2 Å². The highest BCUT2D eigenvalue weighted by Crippen LogP contribution is 2.31. The van der Waals surface area contributed by atoms with Gasteiger partial charge in [-0.05, 0) is 54.6 Å². The van der Waals surface area contributed by atoms with Gasteiger partial charge < -0.3 is 23.9 Å². The van der Waals surface area contributed by atoms with Crippen molar-refractivity contribution >= 4 is 11.6 Å². The fourth-order valence-electron chi connectivity index (χ4n) is 2.97. The smallest absolute Gasteiger partial charge is 0.291 e. The molecule has 1 N–H and O–H groups in total. The summed E-state index contributed by atoms with van der Waals surface area (Å²) in [7, 11) is 1.54. The van der Waals surface area contributed by atoms with E-state index in [9.17, 15) is 9.18 Å². The number of methoxy groups -OCH3 is 1. The predicted molar refractivity (Wildman–Crippen MR) is 119 cm³/mol. The first-order valence-corrected chi connectivity index (χ1v) is 10.1. The number of carbonyl (C=O) groups excluding carboxylic acids is 1. The van der Waals surface area contributed by atoms with Crippen molar-refractivity contribution in [2.75, 3.05) is 12.4 Å².